The van der Waals surface area contributed by atoms with Gasteiger partial charge in [-0.05, 0) is 32.9 Å². The summed E-state index contributed by atoms with van der Waals surface area (Å²) in [6.07, 6.45) is 0. The molecular weight excluding hydrogens is 271 g/mol. The minimum Gasteiger partial charge on any atom is -0.381 e. The van der Waals surface area contributed by atoms with Crippen molar-refractivity contribution in [2.45, 2.75) is 27.3 Å². The molecule has 0 fully saturated rings. The fourth-order valence-corrected chi connectivity index (χ4v) is 2.26. The molecular formula is C15H19FN4O. The Morgan fingerprint density at radius 1 is 1.38 bits per heavy atom. The summed E-state index contributed by atoms with van der Waals surface area (Å²) < 4.78 is 15.6. The van der Waals surface area contributed by atoms with E-state index in [1.807, 2.05) is 20.9 Å². The van der Waals surface area contributed by atoms with Crippen molar-refractivity contribution in [3.8, 4) is 0 Å². The number of anilines is 1. The minimum absolute atomic E-state index is 0.153. The van der Waals surface area contributed by atoms with Crippen LogP contribution in [0.4, 0.5) is 10.1 Å². The van der Waals surface area contributed by atoms with Crippen LogP contribution in [0.5, 0.6) is 0 Å². The molecule has 112 valence electrons. The number of aromatic nitrogens is 2. The van der Waals surface area contributed by atoms with Gasteiger partial charge in [-0.1, -0.05) is 0 Å². The Morgan fingerprint density at radius 2 is 2.05 bits per heavy atom. The van der Waals surface area contributed by atoms with Crippen LogP contribution in [0.15, 0.2) is 12.1 Å². The summed E-state index contributed by atoms with van der Waals surface area (Å²) in [6.45, 7) is 6.07. The molecule has 1 amide bonds. The number of hydrogen-bond donors (Lipinski definition) is 2. The topological polar surface area (TPSA) is 72.9 Å². The summed E-state index contributed by atoms with van der Waals surface area (Å²) in [6, 6.07) is 2.73. The van der Waals surface area contributed by atoms with Gasteiger partial charge in [0.15, 0.2) is 0 Å². The van der Waals surface area contributed by atoms with Crippen LogP contribution >= 0.6 is 0 Å². The van der Waals surface area contributed by atoms with Gasteiger partial charge in [-0.15, -0.1) is 0 Å². The van der Waals surface area contributed by atoms with E-state index < -0.39 is 11.7 Å². The number of nitrogens with zero attached hydrogens (tertiary/aromatic N) is 2. The second kappa shape index (κ2) is 5.55. The van der Waals surface area contributed by atoms with E-state index in [9.17, 15) is 9.18 Å². The normalized spacial score (nSPS) is 10.7. The maximum absolute atomic E-state index is 13.8. The van der Waals surface area contributed by atoms with Gasteiger partial charge in [-0.2, -0.15) is 5.10 Å². The van der Waals surface area contributed by atoms with Gasteiger partial charge in [0, 0.05) is 41.7 Å². The minimum atomic E-state index is -0.648. The molecule has 0 aliphatic rings. The molecule has 0 aliphatic carbocycles. The van der Waals surface area contributed by atoms with Crippen LogP contribution in [0.1, 0.15) is 32.9 Å². The highest BCUT2D eigenvalue weighted by atomic mass is 19.1. The molecule has 3 N–H and O–H groups in total. The van der Waals surface area contributed by atoms with Gasteiger partial charge in [0.25, 0.3) is 0 Å². The predicted molar refractivity (Wildman–Crippen MR) is 79.7 cm³/mol. The van der Waals surface area contributed by atoms with Crippen molar-refractivity contribution in [3.63, 3.8) is 0 Å². The lowest BCUT2D eigenvalue weighted by Gasteiger charge is -2.12. The number of nitrogens with one attached hydrogen (secondary N) is 1. The first-order chi connectivity index (χ1) is 9.81. The van der Waals surface area contributed by atoms with E-state index >= 15 is 0 Å². The maximum atomic E-state index is 13.8. The van der Waals surface area contributed by atoms with E-state index in [-0.39, 0.29) is 5.56 Å². The zero-order valence-electron chi connectivity index (χ0n) is 12.6. The summed E-state index contributed by atoms with van der Waals surface area (Å²) in [4.78, 5) is 11.2. The third-order valence-electron chi connectivity index (χ3n) is 3.74. The second-order valence-corrected chi connectivity index (χ2v) is 5.12. The SMILES string of the molecule is Cc1nn(C)c(C)c1CNc1cc(C(N)=O)cc(F)c1C. The molecule has 1 aromatic carbocycles. The first-order valence-electron chi connectivity index (χ1n) is 6.64. The average Bonchev–Trinajstić information content (AvgIpc) is 2.65. The van der Waals surface area contributed by atoms with Gasteiger partial charge in [0.05, 0.1) is 5.69 Å². The highest BCUT2D eigenvalue weighted by molar-refractivity contribution is 5.94. The number of amides is 1. The Labute approximate surface area is 123 Å². The molecule has 0 radical (unpaired) electrons. The Balaban J connectivity index is 2.29. The molecule has 0 atom stereocenters. The molecule has 0 saturated heterocycles. The van der Waals surface area contributed by atoms with Crippen molar-refractivity contribution in [3.05, 3.63) is 46.0 Å². The molecule has 21 heavy (non-hydrogen) atoms. The predicted octanol–water partition coefficient (Wildman–Crippen LogP) is 2.20. The second-order valence-electron chi connectivity index (χ2n) is 5.12. The fourth-order valence-electron chi connectivity index (χ4n) is 2.26. The van der Waals surface area contributed by atoms with Crippen LogP contribution < -0.4 is 11.1 Å². The number of carbonyl (C=O) groups excluding carboxylic acids is 1. The van der Waals surface area contributed by atoms with E-state index in [0.29, 0.717) is 17.8 Å². The first kappa shape index (κ1) is 15.0. The molecule has 2 rings (SSSR count). The van der Waals surface area contributed by atoms with Crippen LogP contribution in [0.25, 0.3) is 0 Å². The molecule has 0 unspecified atom stereocenters. The Hall–Kier alpha value is -2.37. The Morgan fingerprint density at radius 3 is 2.57 bits per heavy atom. The molecule has 0 bridgehead atoms. The lowest BCUT2D eigenvalue weighted by atomic mass is 10.1. The van der Waals surface area contributed by atoms with E-state index in [2.05, 4.69) is 10.4 Å². The van der Waals surface area contributed by atoms with Crippen molar-refractivity contribution in [2.75, 3.05) is 5.32 Å². The number of benzene rings is 1. The monoisotopic (exact) mass is 290 g/mol. The summed E-state index contributed by atoms with van der Waals surface area (Å²) in [5.74, 6) is -1.10. The van der Waals surface area contributed by atoms with Crippen LogP contribution in [-0.2, 0) is 13.6 Å². The van der Waals surface area contributed by atoms with Gasteiger partial charge in [0.1, 0.15) is 5.82 Å². The summed E-state index contributed by atoms with van der Waals surface area (Å²) in [7, 11) is 1.88. The average molecular weight is 290 g/mol. The van der Waals surface area contributed by atoms with Crippen LogP contribution in [-0.4, -0.2) is 15.7 Å². The largest absolute Gasteiger partial charge is 0.381 e. The number of carbonyl (C=O) groups is 1. The standard InChI is InChI=1S/C15H19FN4O/c1-8-13(16)5-11(15(17)21)6-14(8)18-7-12-9(2)19-20(4)10(12)3/h5-6,18H,7H2,1-4H3,(H2,17,21). The number of hydrogen-bond acceptors (Lipinski definition) is 3. The smallest absolute Gasteiger partial charge is 0.248 e. The van der Waals surface area contributed by atoms with Gasteiger partial charge in [-0.25, -0.2) is 4.39 Å². The van der Waals surface area contributed by atoms with Gasteiger partial charge in [0.2, 0.25) is 5.91 Å². The molecule has 2 aromatic rings. The number of primary amides is 1. The van der Waals surface area contributed by atoms with Crippen molar-refractivity contribution in [2.24, 2.45) is 12.8 Å². The van der Waals surface area contributed by atoms with E-state index in [0.717, 1.165) is 23.0 Å². The van der Waals surface area contributed by atoms with E-state index in [1.54, 1.807) is 17.7 Å². The lowest BCUT2D eigenvalue weighted by Crippen LogP contribution is -2.13. The number of nitrogens with two attached hydrogens (primary N) is 1. The molecule has 0 spiro atoms. The summed E-state index contributed by atoms with van der Waals surface area (Å²) in [5, 5.41) is 7.50. The Kier molecular flexibility index (Phi) is 3.97. The van der Waals surface area contributed by atoms with Crippen molar-refractivity contribution >= 4 is 11.6 Å². The van der Waals surface area contributed by atoms with Gasteiger partial charge < -0.3 is 11.1 Å². The molecule has 0 saturated carbocycles. The van der Waals surface area contributed by atoms with Crippen molar-refractivity contribution < 1.29 is 9.18 Å². The van der Waals surface area contributed by atoms with Crippen LogP contribution in [0.3, 0.4) is 0 Å². The Bertz CT molecular complexity index is 706. The highest BCUT2D eigenvalue weighted by Gasteiger charge is 2.13. The first-order valence-corrected chi connectivity index (χ1v) is 6.64. The van der Waals surface area contributed by atoms with Gasteiger partial charge in [-0.3, -0.25) is 9.48 Å². The maximum Gasteiger partial charge on any atom is 0.248 e. The molecule has 6 heteroatoms. The number of halogens is 1. The summed E-state index contributed by atoms with van der Waals surface area (Å²) in [5.41, 5.74) is 9.41. The third-order valence-corrected chi connectivity index (χ3v) is 3.74. The van der Waals surface area contributed by atoms with E-state index in [4.69, 9.17) is 5.73 Å². The molecule has 0 aliphatic heterocycles. The molecule has 1 heterocycles. The summed E-state index contributed by atoms with van der Waals surface area (Å²) >= 11 is 0. The van der Waals surface area contributed by atoms with Crippen molar-refractivity contribution in [1.29, 1.82) is 0 Å². The van der Waals surface area contributed by atoms with Crippen molar-refractivity contribution in [1.82, 2.24) is 9.78 Å². The highest BCUT2D eigenvalue weighted by Crippen LogP contribution is 2.22. The number of aryl methyl sites for hydroxylation is 2. The molecule has 5 nitrogen and oxygen atoms in total. The third kappa shape index (κ3) is 2.89. The van der Waals surface area contributed by atoms with E-state index in [1.165, 1.54) is 0 Å². The quantitative estimate of drug-likeness (QED) is 0.906. The fraction of sp³-hybridized carbons (Fsp3) is 0.333. The van der Waals surface area contributed by atoms with Crippen LogP contribution in [0, 0.1) is 26.6 Å². The number of rotatable bonds is 4. The zero-order valence-corrected chi connectivity index (χ0v) is 12.6. The zero-order chi connectivity index (χ0) is 15.7. The van der Waals surface area contributed by atoms with Crippen LogP contribution in [0.2, 0.25) is 0 Å². The van der Waals surface area contributed by atoms with Gasteiger partial charge >= 0.3 is 0 Å². The molecule has 1 aromatic heterocycles. The lowest BCUT2D eigenvalue weighted by molar-refractivity contribution is 0.1000.